The van der Waals surface area contributed by atoms with Crippen molar-refractivity contribution in [3.63, 3.8) is 0 Å². The maximum absolute atomic E-state index is 14.1. The Labute approximate surface area is 142 Å². The lowest BCUT2D eigenvalue weighted by molar-refractivity contribution is -0.132. The van der Waals surface area contributed by atoms with Crippen molar-refractivity contribution in [3.8, 4) is 0 Å². The molecule has 1 saturated heterocycles. The van der Waals surface area contributed by atoms with E-state index in [1.807, 2.05) is 0 Å². The van der Waals surface area contributed by atoms with Crippen LogP contribution in [0, 0.1) is 11.6 Å². The van der Waals surface area contributed by atoms with Gasteiger partial charge in [-0.2, -0.15) is 0 Å². The molecule has 1 aliphatic heterocycles. The van der Waals surface area contributed by atoms with Gasteiger partial charge in [0.15, 0.2) is 0 Å². The number of carbonyl (C=O) groups excluding carboxylic acids is 2. The largest absolute Gasteiger partial charge is 0.386 e. The summed E-state index contributed by atoms with van der Waals surface area (Å²) in [6.45, 7) is 0.955. The molecule has 0 saturated carbocycles. The number of hydrogen-bond acceptors (Lipinski definition) is 3. The number of benzene rings is 2. The van der Waals surface area contributed by atoms with Crippen LogP contribution in [-0.2, 0) is 10.3 Å². The van der Waals surface area contributed by atoms with E-state index in [0.29, 0.717) is 0 Å². The van der Waals surface area contributed by atoms with E-state index in [1.54, 1.807) is 6.07 Å². The van der Waals surface area contributed by atoms with Crippen molar-refractivity contribution in [2.75, 3.05) is 6.54 Å². The van der Waals surface area contributed by atoms with E-state index in [9.17, 15) is 23.5 Å². The summed E-state index contributed by atoms with van der Waals surface area (Å²) in [5, 5.41) is 12.7. The lowest BCUT2D eigenvalue weighted by Gasteiger charge is -2.23. The molecule has 1 aliphatic rings. The molecule has 2 aromatic carbocycles. The average Bonchev–Trinajstić information content (AvgIpc) is 2.79. The number of halogens is 2. The van der Waals surface area contributed by atoms with Crippen LogP contribution >= 0.6 is 0 Å². The topological polar surface area (TPSA) is 69.6 Å². The third kappa shape index (κ3) is 2.87. The van der Waals surface area contributed by atoms with Gasteiger partial charge < -0.3 is 10.4 Å². The number of carbonyl (C=O) groups is 2. The van der Waals surface area contributed by atoms with E-state index < -0.39 is 41.8 Å². The molecule has 0 bridgehead atoms. The Bertz CT molecular complexity index is 843. The number of hydrogen-bond donors (Lipinski definition) is 2. The van der Waals surface area contributed by atoms with Crippen molar-refractivity contribution < 1.29 is 23.5 Å². The number of imide groups is 1. The van der Waals surface area contributed by atoms with Crippen molar-refractivity contribution in [2.24, 2.45) is 0 Å². The van der Waals surface area contributed by atoms with Gasteiger partial charge in [0.05, 0.1) is 12.6 Å². The Morgan fingerprint density at radius 3 is 2.32 bits per heavy atom. The summed E-state index contributed by atoms with van der Waals surface area (Å²) < 4.78 is 27.8. The van der Waals surface area contributed by atoms with Crippen molar-refractivity contribution in [1.29, 1.82) is 0 Å². The molecular weight excluding hydrogens is 330 g/mol. The number of aliphatic hydroxyl groups is 1. The van der Waals surface area contributed by atoms with Crippen molar-refractivity contribution in [2.45, 2.75) is 18.6 Å². The van der Waals surface area contributed by atoms with Crippen molar-refractivity contribution in [1.82, 2.24) is 10.2 Å². The molecule has 0 unspecified atom stereocenters. The zero-order valence-electron chi connectivity index (χ0n) is 13.4. The van der Waals surface area contributed by atoms with Crippen LogP contribution in [0.2, 0.25) is 0 Å². The minimum absolute atomic E-state index is 0.0243. The molecule has 7 heteroatoms. The SMILES string of the molecule is C[C@]1(c2ccccc2F)NC(=O)N(C[C@@H](O)c2ccccc2F)C1=O. The molecule has 1 fully saturated rings. The third-order valence-electron chi connectivity index (χ3n) is 4.31. The highest BCUT2D eigenvalue weighted by molar-refractivity contribution is 6.07. The van der Waals surface area contributed by atoms with Crippen LogP contribution in [0.1, 0.15) is 24.2 Å². The van der Waals surface area contributed by atoms with Crippen molar-refractivity contribution >= 4 is 11.9 Å². The first kappa shape index (κ1) is 17.0. The first-order valence-electron chi connectivity index (χ1n) is 7.66. The van der Waals surface area contributed by atoms with Crippen LogP contribution in [0.4, 0.5) is 13.6 Å². The maximum atomic E-state index is 14.1. The molecular formula is C18H16F2N2O3. The van der Waals surface area contributed by atoms with Crippen LogP contribution < -0.4 is 5.32 Å². The van der Waals surface area contributed by atoms with E-state index in [2.05, 4.69) is 5.32 Å². The molecule has 1 heterocycles. The number of nitrogens with zero attached hydrogens (tertiary/aromatic N) is 1. The lowest BCUT2D eigenvalue weighted by atomic mass is 9.91. The summed E-state index contributed by atoms with van der Waals surface area (Å²) in [5.41, 5.74) is -1.59. The van der Waals surface area contributed by atoms with E-state index in [-0.39, 0.29) is 11.1 Å². The molecule has 2 aromatic rings. The van der Waals surface area contributed by atoms with Gasteiger partial charge in [-0.3, -0.25) is 9.69 Å². The second-order valence-corrected chi connectivity index (χ2v) is 5.99. The Kier molecular flexibility index (Phi) is 4.26. The molecule has 0 spiro atoms. The molecule has 0 aliphatic carbocycles. The Morgan fingerprint density at radius 1 is 1.08 bits per heavy atom. The fourth-order valence-electron chi connectivity index (χ4n) is 2.93. The molecule has 25 heavy (non-hydrogen) atoms. The second kappa shape index (κ2) is 6.25. The molecule has 2 N–H and O–H groups in total. The Hall–Kier alpha value is -2.80. The summed E-state index contributed by atoms with van der Waals surface area (Å²) >= 11 is 0. The normalized spacial score (nSPS) is 21.4. The average molecular weight is 346 g/mol. The number of nitrogens with one attached hydrogen (secondary N) is 1. The minimum atomic E-state index is -1.59. The molecule has 2 atom stereocenters. The van der Waals surface area contributed by atoms with Gasteiger partial charge in [0.1, 0.15) is 17.2 Å². The molecule has 0 radical (unpaired) electrons. The minimum Gasteiger partial charge on any atom is -0.386 e. The molecule has 3 amide bonds. The fourth-order valence-corrected chi connectivity index (χ4v) is 2.93. The van der Waals surface area contributed by atoms with Gasteiger partial charge in [0, 0.05) is 11.1 Å². The number of amides is 3. The van der Waals surface area contributed by atoms with E-state index in [0.717, 1.165) is 4.90 Å². The number of β-amino-alcohol motifs (C(OH)–C–C–N with tert-alkyl or cyclic N) is 1. The highest BCUT2D eigenvalue weighted by Gasteiger charge is 2.50. The van der Waals surface area contributed by atoms with Gasteiger partial charge in [-0.05, 0) is 19.1 Å². The van der Waals surface area contributed by atoms with Gasteiger partial charge in [0.25, 0.3) is 5.91 Å². The maximum Gasteiger partial charge on any atom is 0.325 e. The summed E-state index contributed by atoms with van der Waals surface area (Å²) in [6, 6.07) is 10.4. The predicted molar refractivity (Wildman–Crippen MR) is 85.4 cm³/mol. The van der Waals surface area contributed by atoms with Gasteiger partial charge in [-0.15, -0.1) is 0 Å². The highest BCUT2D eigenvalue weighted by Crippen LogP contribution is 2.31. The van der Waals surface area contributed by atoms with Gasteiger partial charge in [-0.1, -0.05) is 36.4 Å². The standard InChI is InChI=1S/C18H16F2N2O3/c1-18(12-7-3-5-9-14(12)20)16(24)22(17(25)21-18)10-15(23)11-6-2-4-8-13(11)19/h2-9,15,23H,10H2,1H3,(H,21,25)/t15-,18-/m1/s1. The quantitative estimate of drug-likeness (QED) is 0.836. The summed E-state index contributed by atoms with van der Waals surface area (Å²) in [5.74, 6) is -1.98. The lowest BCUT2D eigenvalue weighted by Crippen LogP contribution is -2.42. The van der Waals surface area contributed by atoms with Crippen LogP contribution in [0.25, 0.3) is 0 Å². The first-order chi connectivity index (χ1) is 11.8. The van der Waals surface area contributed by atoms with Crippen LogP contribution in [0.3, 0.4) is 0 Å². The molecule has 3 rings (SSSR count). The Morgan fingerprint density at radius 2 is 1.68 bits per heavy atom. The van der Waals surface area contributed by atoms with Gasteiger partial charge in [-0.25, -0.2) is 13.6 Å². The zero-order chi connectivity index (χ0) is 18.2. The number of aliphatic hydroxyl groups excluding tert-OH is 1. The monoisotopic (exact) mass is 346 g/mol. The third-order valence-corrected chi connectivity index (χ3v) is 4.31. The molecule has 5 nitrogen and oxygen atoms in total. The molecule has 0 aromatic heterocycles. The second-order valence-electron chi connectivity index (χ2n) is 5.99. The van der Waals surface area contributed by atoms with Crippen LogP contribution in [0.15, 0.2) is 48.5 Å². The predicted octanol–water partition coefficient (Wildman–Crippen LogP) is 2.47. The van der Waals surface area contributed by atoms with E-state index >= 15 is 0 Å². The summed E-state index contributed by atoms with van der Waals surface area (Å²) in [7, 11) is 0. The number of rotatable bonds is 4. The van der Waals surface area contributed by atoms with Gasteiger partial charge >= 0.3 is 6.03 Å². The first-order valence-corrected chi connectivity index (χ1v) is 7.66. The number of urea groups is 1. The Balaban J connectivity index is 1.87. The smallest absolute Gasteiger partial charge is 0.325 e. The summed E-state index contributed by atoms with van der Waals surface area (Å²) in [6.07, 6.45) is -1.39. The summed E-state index contributed by atoms with van der Waals surface area (Å²) in [4.78, 5) is 25.7. The van der Waals surface area contributed by atoms with Crippen molar-refractivity contribution in [3.05, 3.63) is 71.3 Å². The fraction of sp³-hybridized carbons (Fsp3) is 0.222. The van der Waals surface area contributed by atoms with Gasteiger partial charge in [0.2, 0.25) is 0 Å². The molecule has 130 valence electrons. The van der Waals surface area contributed by atoms with E-state index in [1.165, 1.54) is 49.4 Å². The van der Waals surface area contributed by atoms with Crippen LogP contribution in [-0.4, -0.2) is 28.5 Å². The zero-order valence-corrected chi connectivity index (χ0v) is 13.4. The van der Waals surface area contributed by atoms with Crippen LogP contribution in [0.5, 0.6) is 0 Å². The highest BCUT2D eigenvalue weighted by atomic mass is 19.1. The van der Waals surface area contributed by atoms with E-state index in [4.69, 9.17) is 0 Å².